The Balaban J connectivity index is 1.69. The summed E-state index contributed by atoms with van der Waals surface area (Å²) in [4.78, 5) is 39.7. The fraction of sp³-hybridized carbons (Fsp3) is 0.192. The zero-order valence-electron chi connectivity index (χ0n) is 18.0. The number of benzene rings is 3. The minimum atomic E-state index is -0.320. The number of amides is 2. The fourth-order valence-electron chi connectivity index (χ4n) is 3.11. The molecule has 158 valence electrons. The molecule has 5 nitrogen and oxygen atoms in total. The van der Waals surface area contributed by atoms with Gasteiger partial charge in [-0.15, -0.1) is 0 Å². The monoisotopic (exact) mass is 414 g/mol. The van der Waals surface area contributed by atoms with Crippen molar-refractivity contribution in [3.63, 3.8) is 0 Å². The van der Waals surface area contributed by atoms with Crippen LogP contribution >= 0.6 is 0 Å². The maximum absolute atomic E-state index is 12.8. The van der Waals surface area contributed by atoms with Crippen LogP contribution in [0, 0.1) is 0 Å². The Kier molecular flexibility index (Phi) is 6.98. The number of ketones is 1. The molecule has 0 saturated carbocycles. The highest BCUT2D eigenvalue weighted by atomic mass is 16.2. The van der Waals surface area contributed by atoms with Crippen molar-refractivity contribution in [2.45, 2.75) is 26.4 Å². The second kappa shape index (κ2) is 9.85. The van der Waals surface area contributed by atoms with Gasteiger partial charge in [0.15, 0.2) is 5.78 Å². The molecular weight excluding hydrogens is 388 g/mol. The summed E-state index contributed by atoms with van der Waals surface area (Å²) in [6, 6.07) is 23.0. The van der Waals surface area contributed by atoms with Crippen molar-refractivity contribution in [3.05, 3.63) is 107 Å². The third-order valence-electron chi connectivity index (χ3n) is 5.20. The number of carbonyl (C=O) groups excluding carboxylic acids is 3. The average Bonchev–Trinajstić information content (AvgIpc) is 2.82. The van der Waals surface area contributed by atoms with Crippen molar-refractivity contribution >= 4 is 17.6 Å². The van der Waals surface area contributed by atoms with Gasteiger partial charge in [-0.3, -0.25) is 14.4 Å². The van der Waals surface area contributed by atoms with Gasteiger partial charge in [0.05, 0.1) is 5.56 Å². The van der Waals surface area contributed by atoms with Crippen molar-refractivity contribution in [2.24, 2.45) is 0 Å². The molecule has 0 unspecified atom stereocenters. The molecule has 3 rings (SSSR count). The SMILES string of the molecule is CC(C)N(C)C(=O)c1ccc(CNC(=O)c2ccccc2C(=O)c2ccccc2)cc1. The second-order valence-corrected chi connectivity index (χ2v) is 7.63. The van der Waals surface area contributed by atoms with Crippen LogP contribution in [0.3, 0.4) is 0 Å². The largest absolute Gasteiger partial charge is 0.348 e. The summed E-state index contributed by atoms with van der Waals surface area (Å²) in [7, 11) is 1.77. The van der Waals surface area contributed by atoms with Crippen LogP contribution in [0.5, 0.6) is 0 Å². The molecule has 3 aromatic carbocycles. The average molecular weight is 415 g/mol. The minimum Gasteiger partial charge on any atom is -0.348 e. The third kappa shape index (κ3) is 5.25. The maximum Gasteiger partial charge on any atom is 0.253 e. The quantitative estimate of drug-likeness (QED) is 0.585. The van der Waals surface area contributed by atoms with Gasteiger partial charge in [0.2, 0.25) is 0 Å². The number of nitrogens with one attached hydrogen (secondary N) is 1. The summed E-state index contributed by atoms with van der Waals surface area (Å²) in [5.41, 5.74) is 2.70. The lowest BCUT2D eigenvalue weighted by Gasteiger charge is -2.21. The van der Waals surface area contributed by atoms with Crippen LogP contribution in [0.15, 0.2) is 78.9 Å². The summed E-state index contributed by atoms with van der Waals surface area (Å²) in [6.45, 7) is 4.21. The van der Waals surface area contributed by atoms with E-state index in [-0.39, 0.29) is 23.6 Å². The Bertz CT molecular complexity index is 1070. The molecule has 0 saturated heterocycles. The number of nitrogens with zero attached hydrogens (tertiary/aromatic N) is 1. The molecule has 5 heteroatoms. The summed E-state index contributed by atoms with van der Waals surface area (Å²) < 4.78 is 0. The molecule has 0 heterocycles. The first-order chi connectivity index (χ1) is 14.9. The molecule has 0 aromatic heterocycles. The molecule has 0 aliphatic carbocycles. The van der Waals surface area contributed by atoms with Crippen LogP contribution in [0.1, 0.15) is 56.0 Å². The van der Waals surface area contributed by atoms with Gasteiger partial charge in [0.1, 0.15) is 0 Å². The van der Waals surface area contributed by atoms with Crippen LogP contribution in [0.2, 0.25) is 0 Å². The summed E-state index contributed by atoms with van der Waals surface area (Å²) in [5, 5.41) is 2.87. The molecule has 2 amide bonds. The molecule has 0 aliphatic rings. The molecule has 0 atom stereocenters. The van der Waals surface area contributed by atoms with Gasteiger partial charge in [-0.25, -0.2) is 0 Å². The van der Waals surface area contributed by atoms with Crippen molar-refractivity contribution < 1.29 is 14.4 Å². The highest BCUT2D eigenvalue weighted by Crippen LogP contribution is 2.15. The Morgan fingerprint density at radius 3 is 1.97 bits per heavy atom. The highest BCUT2D eigenvalue weighted by Gasteiger charge is 2.18. The van der Waals surface area contributed by atoms with Crippen LogP contribution < -0.4 is 5.32 Å². The Hall–Kier alpha value is -3.73. The van der Waals surface area contributed by atoms with E-state index in [1.807, 2.05) is 32.0 Å². The summed E-state index contributed by atoms with van der Waals surface area (Å²) in [6.07, 6.45) is 0. The maximum atomic E-state index is 12.8. The van der Waals surface area contributed by atoms with Crippen LogP contribution in [0.4, 0.5) is 0 Å². The second-order valence-electron chi connectivity index (χ2n) is 7.63. The van der Waals surface area contributed by atoms with E-state index < -0.39 is 0 Å². The van der Waals surface area contributed by atoms with E-state index >= 15 is 0 Å². The third-order valence-corrected chi connectivity index (χ3v) is 5.20. The van der Waals surface area contributed by atoms with Gasteiger partial charge < -0.3 is 10.2 Å². The lowest BCUT2D eigenvalue weighted by atomic mass is 9.98. The van der Waals surface area contributed by atoms with E-state index in [4.69, 9.17) is 0 Å². The smallest absolute Gasteiger partial charge is 0.253 e. The van der Waals surface area contributed by atoms with Crippen LogP contribution in [-0.2, 0) is 6.54 Å². The van der Waals surface area contributed by atoms with Crippen LogP contribution in [-0.4, -0.2) is 35.6 Å². The van der Waals surface area contributed by atoms with E-state index in [9.17, 15) is 14.4 Å². The Morgan fingerprint density at radius 2 is 1.35 bits per heavy atom. The van der Waals surface area contributed by atoms with Crippen molar-refractivity contribution in [2.75, 3.05) is 7.05 Å². The zero-order valence-corrected chi connectivity index (χ0v) is 18.0. The first-order valence-electron chi connectivity index (χ1n) is 10.2. The molecule has 0 aliphatic heterocycles. The molecule has 3 aromatic rings. The standard InChI is InChI=1S/C26H26N2O3/c1-18(2)28(3)26(31)21-15-13-19(14-16-21)17-27-25(30)23-12-8-7-11-22(23)24(29)20-9-5-4-6-10-20/h4-16,18H,17H2,1-3H3,(H,27,30). The van der Waals surface area contributed by atoms with E-state index in [2.05, 4.69) is 5.32 Å². The summed E-state index contributed by atoms with van der Waals surface area (Å²) >= 11 is 0. The van der Waals surface area contributed by atoms with Crippen molar-refractivity contribution in [3.8, 4) is 0 Å². The number of hydrogen-bond acceptors (Lipinski definition) is 3. The minimum absolute atomic E-state index is 0.0427. The van der Waals surface area contributed by atoms with Crippen molar-refractivity contribution in [1.82, 2.24) is 10.2 Å². The van der Waals surface area contributed by atoms with E-state index in [0.29, 0.717) is 28.8 Å². The molecule has 0 bridgehead atoms. The van der Waals surface area contributed by atoms with Gasteiger partial charge in [-0.05, 0) is 37.6 Å². The van der Waals surface area contributed by atoms with E-state index in [0.717, 1.165) is 5.56 Å². The number of carbonyl (C=O) groups is 3. The molecule has 0 spiro atoms. The summed E-state index contributed by atoms with van der Waals surface area (Å²) in [5.74, 6) is -0.554. The van der Waals surface area contributed by atoms with Gasteiger partial charge in [0, 0.05) is 36.3 Å². The zero-order chi connectivity index (χ0) is 22.4. The molecule has 31 heavy (non-hydrogen) atoms. The Labute approximate surface area is 182 Å². The predicted molar refractivity (Wildman–Crippen MR) is 121 cm³/mol. The molecule has 0 fully saturated rings. The normalized spacial score (nSPS) is 10.6. The number of hydrogen-bond donors (Lipinski definition) is 1. The molecule has 0 radical (unpaired) electrons. The fourth-order valence-corrected chi connectivity index (χ4v) is 3.11. The Morgan fingerprint density at radius 1 is 0.774 bits per heavy atom. The van der Waals surface area contributed by atoms with Gasteiger partial charge in [-0.2, -0.15) is 0 Å². The highest BCUT2D eigenvalue weighted by molar-refractivity contribution is 6.15. The topological polar surface area (TPSA) is 66.5 Å². The van der Waals surface area contributed by atoms with Crippen LogP contribution in [0.25, 0.3) is 0 Å². The van der Waals surface area contributed by atoms with Crippen molar-refractivity contribution in [1.29, 1.82) is 0 Å². The van der Waals surface area contributed by atoms with Gasteiger partial charge in [0.25, 0.3) is 11.8 Å². The van der Waals surface area contributed by atoms with Gasteiger partial charge in [-0.1, -0.05) is 60.7 Å². The molecule has 1 N–H and O–H groups in total. The predicted octanol–water partition coefficient (Wildman–Crippen LogP) is 4.33. The van der Waals surface area contributed by atoms with E-state index in [1.54, 1.807) is 72.6 Å². The molecular formula is C26H26N2O3. The lowest BCUT2D eigenvalue weighted by molar-refractivity contribution is 0.0754. The first-order valence-corrected chi connectivity index (χ1v) is 10.2. The lowest BCUT2D eigenvalue weighted by Crippen LogP contribution is -2.32. The number of rotatable bonds is 7. The van der Waals surface area contributed by atoms with E-state index in [1.165, 1.54) is 0 Å². The first kappa shape index (κ1) is 22.0. The van der Waals surface area contributed by atoms with Gasteiger partial charge >= 0.3 is 0 Å².